The largest absolute Gasteiger partial charge is 0.381 e. The standard InChI is InChI=1S/C16H19FN4O2S.ClH/c17-12-4-2-1-3-11(12)9-13-20-21-16(24-13)19-15(22)14(18)10-5-7-23-8-6-10;/h1-4,10,14H,5-9,18H2,(H,19,21,22);1H. The van der Waals surface area contributed by atoms with E-state index in [4.69, 9.17) is 10.5 Å². The Labute approximate surface area is 155 Å². The summed E-state index contributed by atoms with van der Waals surface area (Å²) in [4.78, 5) is 12.2. The summed E-state index contributed by atoms with van der Waals surface area (Å²) < 4.78 is 18.9. The number of ether oxygens (including phenoxy) is 1. The average Bonchev–Trinajstić information content (AvgIpc) is 3.04. The van der Waals surface area contributed by atoms with Gasteiger partial charge in [-0.1, -0.05) is 29.5 Å². The van der Waals surface area contributed by atoms with Crippen molar-refractivity contribution < 1.29 is 13.9 Å². The summed E-state index contributed by atoms with van der Waals surface area (Å²) in [5, 5.41) is 11.7. The number of nitrogens with two attached hydrogens (primary N) is 1. The highest BCUT2D eigenvalue weighted by Gasteiger charge is 2.27. The highest BCUT2D eigenvalue weighted by Crippen LogP contribution is 2.22. The van der Waals surface area contributed by atoms with Gasteiger partial charge in [0.2, 0.25) is 11.0 Å². The van der Waals surface area contributed by atoms with Crippen LogP contribution in [0.2, 0.25) is 0 Å². The van der Waals surface area contributed by atoms with E-state index < -0.39 is 6.04 Å². The molecular formula is C16H20ClFN4O2S. The molecule has 1 amide bonds. The summed E-state index contributed by atoms with van der Waals surface area (Å²) in [7, 11) is 0. The lowest BCUT2D eigenvalue weighted by Gasteiger charge is -2.26. The molecule has 3 rings (SSSR count). The number of amides is 1. The van der Waals surface area contributed by atoms with Crippen LogP contribution in [0.25, 0.3) is 0 Å². The summed E-state index contributed by atoms with van der Waals surface area (Å²) in [5.41, 5.74) is 6.58. The Morgan fingerprint density at radius 3 is 2.80 bits per heavy atom. The van der Waals surface area contributed by atoms with E-state index in [2.05, 4.69) is 15.5 Å². The molecule has 9 heteroatoms. The number of anilines is 1. The molecule has 1 unspecified atom stereocenters. The van der Waals surface area contributed by atoms with Crippen LogP contribution in [0.4, 0.5) is 9.52 Å². The van der Waals surface area contributed by atoms with Crippen LogP contribution in [0, 0.1) is 11.7 Å². The first-order valence-corrected chi connectivity index (χ1v) is 8.65. The molecular weight excluding hydrogens is 367 g/mol. The highest BCUT2D eigenvalue weighted by atomic mass is 35.5. The normalized spacial score (nSPS) is 16.1. The summed E-state index contributed by atoms with van der Waals surface area (Å²) in [6.45, 7) is 1.27. The highest BCUT2D eigenvalue weighted by molar-refractivity contribution is 7.15. The minimum atomic E-state index is -0.590. The first-order valence-electron chi connectivity index (χ1n) is 7.83. The van der Waals surface area contributed by atoms with Crippen LogP contribution in [-0.2, 0) is 16.0 Å². The third kappa shape index (κ3) is 5.18. The topological polar surface area (TPSA) is 90.1 Å². The van der Waals surface area contributed by atoms with Gasteiger partial charge in [-0.3, -0.25) is 10.1 Å². The molecule has 0 radical (unpaired) electrons. The van der Waals surface area contributed by atoms with Crippen molar-refractivity contribution in [3.63, 3.8) is 0 Å². The molecule has 2 aromatic rings. The van der Waals surface area contributed by atoms with Crippen LogP contribution in [0.1, 0.15) is 23.4 Å². The number of hydrogen-bond acceptors (Lipinski definition) is 6. The third-order valence-electron chi connectivity index (χ3n) is 4.07. The molecule has 1 aliphatic rings. The molecule has 0 bridgehead atoms. The molecule has 2 heterocycles. The van der Waals surface area contributed by atoms with Gasteiger partial charge >= 0.3 is 0 Å². The van der Waals surface area contributed by atoms with Gasteiger partial charge in [0.1, 0.15) is 10.8 Å². The zero-order chi connectivity index (χ0) is 16.9. The Hall–Kier alpha value is -1.61. The lowest BCUT2D eigenvalue weighted by molar-refractivity contribution is -0.119. The van der Waals surface area contributed by atoms with Crippen LogP contribution in [0.15, 0.2) is 24.3 Å². The number of rotatable bonds is 5. The van der Waals surface area contributed by atoms with E-state index in [-0.39, 0.29) is 30.0 Å². The third-order valence-corrected chi connectivity index (χ3v) is 4.91. The molecule has 0 aliphatic carbocycles. The first-order chi connectivity index (χ1) is 11.6. The van der Waals surface area contributed by atoms with Gasteiger partial charge in [-0.15, -0.1) is 22.6 Å². The lowest BCUT2D eigenvalue weighted by Crippen LogP contribution is -2.43. The molecule has 136 valence electrons. The van der Waals surface area contributed by atoms with Gasteiger partial charge < -0.3 is 10.5 Å². The van der Waals surface area contributed by atoms with Crippen LogP contribution in [-0.4, -0.2) is 35.4 Å². The van der Waals surface area contributed by atoms with Gasteiger partial charge in [0.25, 0.3) is 0 Å². The van der Waals surface area contributed by atoms with Gasteiger partial charge in [0.15, 0.2) is 0 Å². The van der Waals surface area contributed by atoms with E-state index in [0.717, 1.165) is 12.8 Å². The van der Waals surface area contributed by atoms with Crippen molar-refractivity contribution in [2.75, 3.05) is 18.5 Å². The van der Waals surface area contributed by atoms with E-state index in [1.54, 1.807) is 18.2 Å². The maximum absolute atomic E-state index is 13.7. The molecule has 0 saturated carbocycles. The first kappa shape index (κ1) is 19.7. The molecule has 1 aromatic heterocycles. The van der Waals surface area contributed by atoms with Gasteiger partial charge in [-0.2, -0.15) is 0 Å². The maximum atomic E-state index is 13.7. The van der Waals surface area contributed by atoms with E-state index in [1.807, 2.05) is 0 Å². The van der Waals surface area contributed by atoms with Crippen LogP contribution >= 0.6 is 23.7 Å². The zero-order valence-electron chi connectivity index (χ0n) is 13.5. The zero-order valence-corrected chi connectivity index (χ0v) is 15.1. The van der Waals surface area contributed by atoms with Crippen molar-refractivity contribution in [2.24, 2.45) is 11.7 Å². The smallest absolute Gasteiger partial charge is 0.243 e. The number of carbonyl (C=O) groups is 1. The second kappa shape index (κ2) is 9.19. The number of hydrogen-bond donors (Lipinski definition) is 2. The van der Waals surface area contributed by atoms with Gasteiger partial charge in [0, 0.05) is 19.6 Å². The molecule has 1 atom stereocenters. The van der Waals surface area contributed by atoms with Crippen molar-refractivity contribution in [3.8, 4) is 0 Å². The minimum Gasteiger partial charge on any atom is -0.381 e. The number of halogens is 2. The molecule has 6 nitrogen and oxygen atoms in total. The molecule has 1 saturated heterocycles. The van der Waals surface area contributed by atoms with Crippen LogP contribution < -0.4 is 11.1 Å². The Balaban J connectivity index is 0.00000225. The fourth-order valence-corrected chi connectivity index (χ4v) is 3.42. The predicted octanol–water partition coefficient (Wildman–Crippen LogP) is 2.38. The van der Waals surface area contributed by atoms with E-state index in [9.17, 15) is 9.18 Å². The summed E-state index contributed by atoms with van der Waals surface area (Å²) in [5.74, 6) is -0.431. The molecule has 25 heavy (non-hydrogen) atoms. The number of carbonyl (C=O) groups excluding carboxylic acids is 1. The number of nitrogens with one attached hydrogen (secondary N) is 1. The van der Waals surface area contributed by atoms with Gasteiger partial charge in [-0.25, -0.2) is 4.39 Å². The summed E-state index contributed by atoms with van der Waals surface area (Å²) >= 11 is 1.23. The van der Waals surface area contributed by atoms with Crippen LogP contribution in [0.3, 0.4) is 0 Å². The number of nitrogens with zero attached hydrogens (tertiary/aromatic N) is 2. The predicted molar refractivity (Wildman–Crippen MR) is 96.5 cm³/mol. The van der Waals surface area contributed by atoms with Gasteiger partial charge in [-0.05, 0) is 30.4 Å². The Kier molecular flexibility index (Phi) is 7.24. The van der Waals surface area contributed by atoms with Crippen molar-refractivity contribution in [1.82, 2.24) is 10.2 Å². The van der Waals surface area contributed by atoms with Crippen molar-refractivity contribution >= 4 is 34.8 Å². The Morgan fingerprint density at radius 2 is 2.08 bits per heavy atom. The Bertz CT molecular complexity index is 709. The second-order valence-corrected chi connectivity index (χ2v) is 6.80. The van der Waals surface area contributed by atoms with E-state index >= 15 is 0 Å². The quantitative estimate of drug-likeness (QED) is 0.823. The molecule has 1 aliphatic heterocycles. The van der Waals surface area contributed by atoms with Crippen LogP contribution in [0.5, 0.6) is 0 Å². The second-order valence-electron chi connectivity index (χ2n) is 5.73. The van der Waals surface area contributed by atoms with Crippen molar-refractivity contribution in [3.05, 3.63) is 40.7 Å². The fraction of sp³-hybridized carbons (Fsp3) is 0.438. The molecule has 1 aromatic carbocycles. The van der Waals surface area contributed by atoms with Crippen molar-refractivity contribution in [1.29, 1.82) is 0 Å². The van der Waals surface area contributed by atoms with E-state index in [0.29, 0.717) is 35.3 Å². The summed E-state index contributed by atoms with van der Waals surface area (Å²) in [6.07, 6.45) is 1.90. The van der Waals surface area contributed by atoms with Gasteiger partial charge in [0.05, 0.1) is 6.04 Å². The SMILES string of the molecule is Cl.NC(C(=O)Nc1nnc(Cc2ccccc2F)s1)C1CCOCC1. The Morgan fingerprint density at radius 1 is 1.36 bits per heavy atom. The summed E-state index contributed by atoms with van der Waals surface area (Å²) in [6, 6.07) is 5.94. The maximum Gasteiger partial charge on any atom is 0.243 e. The molecule has 1 fully saturated rings. The average molecular weight is 387 g/mol. The number of aromatic nitrogens is 2. The molecule has 3 N–H and O–H groups in total. The van der Waals surface area contributed by atoms with Crippen molar-refractivity contribution in [2.45, 2.75) is 25.3 Å². The molecule has 0 spiro atoms. The van der Waals surface area contributed by atoms with E-state index in [1.165, 1.54) is 17.4 Å². The lowest BCUT2D eigenvalue weighted by atomic mass is 9.92. The number of benzene rings is 1. The fourth-order valence-electron chi connectivity index (χ4n) is 2.66. The minimum absolute atomic E-state index is 0. The monoisotopic (exact) mass is 386 g/mol.